The monoisotopic (exact) mass is 366 g/mol. The van der Waals surface area contributed by atoms with E-state index in [9.17, 15) is 9.59 Å². The molecule has 0 bridgehead atoms. The van der Waals surface area contributed by atoms with Gasteiger partial charge in [0.2, 0.25) is 0 Å². The summed E-state index contributed by atoms with van der Waals surface area (Å²) in [6.07, 6.45) is 3.14. The van der Waals surface area contributed by atoms with E-state index in [1.165, 1.54) is 24.5 Å². The van der Waals surface area contributed by atoms with Crippen molar-refractivity contribution in [3.05, 3.63) is 70.5 Å². The lowest BCUT2D eigenvalue weighted by molar-refractivity contribution is -0.141. The summed E-state index contributed by atoms with van der Waals surface area (Å²) in [5, 5.41) is 0. The molecule has 0 fully saturated rings. The predicted octanol–water partition coefficient (Wildman–Crippen LogP) is 3.32. The second kappa shape index (κ2) is 7.93. The van der Waals surface area contributed by atoms with E-state index < -0.39 is 0 Å². The number of amides is 1. The summed E-state index contributed by atoms with van der Waals surface area (Å²) in [7, 11) is 1.34. The maximum Gasteiger partial charge on any atom is 0.325 e. The van der Waals surface area contributed by atoms with E-state index in [2.05, 4.69) is 4.99 Å². The minimum atomic E-state index is -0.390. The number of esters is 1. The van der Waals surface area contributed by atoms with Crippen LogP contribution in [0.25, 0.3) is 16.3 Å². The molecule has 0 spiro atoms. The van der Waals surface area contributed by atoms with Gasteiger partial charge in [-0.05, 0) is 36.3 Å². The van der Waals surface area contributed by atoms with Crippen LogP contribution in [0.15, 0.2) is 59.6 Å². The lowest BCUT2D eigenvalue weighted by atomic mass is 10.2. The largest absolute Gasteiger partial charge is 0.468 e. The molecule has 1 amide bonds. The average Bonchev–Trinajstić information content (AvgIpc) is 2.96. The van der Waals surface area contributed by atoms with Crippen molar-refractivity contribution in [1.29, 1.82) is 0 Å². The van der Waals surface area contributed by atoms with Crippen molar-refractivity contribution >= 4 is 39.5 Å². The zero-order valence-corrected chi connectivity index (χ0v) is 15.3. The van der Waals surface area contributed by atoms with Crippen LogP contribution in [0.3, 0.4) is 0 Å². The number of carbonyl (C=O) groups excluding carboxylic acids is 2. The van der Waals surface area contributed by atoms with Gasteiger partial charge in [-0.25, -0.2) is 0 Å². The van der Waals surface area contributed by atoms with Crippen LogP contribution in [0.4, 0.5) is 0 Å². The lowest BCUT2D eigenvalue weighted by Gasteiger charge is -2.03. The first kappa shape index (κ1) is 17.8. The summed E-state index contributed by atoms with van der Waals surface area (Å²) in [5.41, 5.74) is 2.88. The van der Waals surface area contributed by atoms with E-state index in [0.717, 1.165) is 21.3 Å². The summed E-state index contributed by atoms with van der Waals surface area (Å²) in [6, 6.07) is 15.4. The molecule has 3 aromatic rings. The summed E-state index contributed by atoms with van der Waals surface area (Å²) in [6.45, 7) is 2.00. The smallest absolute Gasteiger partial charge is 0.325 e. The maximum absolute atomic E-state index is 12.3. The van der Waals surface area contributed by atoms with Gasteiger partial charge in [-0.3, -0.25) is 9.59 Å². The van der Waals surface area contributed by atoms with Gasteiger partial charge in [0.05, 0.1) is 17.3 Å². The highest BCUT2D eigenvalue weighted by molar-refractivity contribution is 7.16. The minimum Gasteiger partial charge on any atom is -0.468 e. The van der Waals surface area contributed by atoms with Crippen molar-refractivity contribution in [2.24, 2.45) is 4.99 Å². The molecular weight excluding hydrogens is 348 g/mol. The Morgan fingerprint density at radius 3 is 2.69 bits per heavy atom. The molecule has 132 valence electrons. The molecule has 1 aromatic heterocycles. The van der Waals surface area contributed by atoms with Crippen LogP contribution in [-0.2, 0) is 20.9 Å². The van der Waals surface area contributed by atoms with Crippen LogP contribution in [-0.4, -0.2) is 23.6 Å². The van der Waals surface area contributed by atoms with Gasteiger partial charge in [0.25, 0.3) is 5.91 Å². The molecule has 0 saturated carbocycles. The number of hydrogen-bond donors (Lipinski definition) is 0. The van der Waals surface area contributed by atoms with Crippen LogP contribution in [0.1, 0.15) is 11.1 Å². The molecule has 0 aliphatic carbocycles. The Morgan fingerprint density at radius 1 is 1.19 bits per heavy atom. The molecule has 1 heterocycles. The van der Waals surface area contributed by atoms with Gasteiger partial charge in [-0.2, -0.15) is 4.99 Å². The number of methoxy groups -OCH3 is 1. The standard InChI is InChI=1S/C20H18N2O3S/c1-14-8-10-16-17(12-14)26-20(22(16)13-19(24)25-2)21-18(23)11-9-15-6-4-3-5-7-15/h3-12H,13H2,1-2H3. The molecule has 0 N–H and O–H groups in total. The molecule has 2 aromatic carbocycles. The first-order valence-electron chi connectivity index (χ1n) is 8.05. The zero-order chi connectivity index (χ0) is 18.5. The quantitative estimate of drug-likeness (QED) is 0.526. The van der Waals surface area contributed by atoms with Gasteiger partial charge in [0, 0.05) is 6.08 Å². The van der Waals surface area contributed by atoms with Crippen LogP contribution in [0.5, 0.6) is 0 Å². The highest BCUT2D eigenvalue weighted by Gasteiger charge is 2.11. The molecule has 0 atom stereocenters. The Labute approximate surface area is 154 Å². The molecule has 26 heavy (non-hydrogen) atoms. The van der Waals surface area contributed by atoms with Crippen molar-refractivity contribution in [2.45, 2.75) is 13.5 Å². The fraction of sp³-hybridized carbons (Fsp3) is 0.150. The molecule has 5 nitrogen and oxygen atoms in total. The van der Waals surface area contributed by atoms with Crippen molar-refractivity contribution in [1.82, 2.24) is 4.57 Å². The Bertz CT molecular complexity index is 1050. The fourth-order valence-corrected chi connectivity index (χ4v) is 3.61. The highest BCUT2D eigenvalue weighted by Crippen LogP contribution is 2.19. The second-order valence-electron chi connectivity index (χ2n) is 5.71. The Morgan fingerprint density at radius 2 is 1.96 bits per heavy atom. The van der Waals surface area contributed by atoms with Crippen molar-refractivity contribution < 1.29 is 14.3 Å². The third-order valence-corrected chi connectivity index (χ3v) is 4.82. The summed E-state index contributed by atoms with van der Waals surface area (Å²) in [5.74, 6) is -0.769. The molecule has 0 aliphatic heterocycles. The zero-order valence-electron chi connectivity index (χ0n) is 14.5. The third-order valence-electron chi connectivity index (χ3n) is 3.78. The van der Waals surface area contributed by atoms with Crippen molar-refractivity contribution in [2.75, 3.05) is 7.11 Å². The van der Waals surface area contributed by atoms with Gasteiger partial charge in [-0.15, -0.1) is 0 Å². The van der Waals surface area contributed by atoms with E-state index in [1.54, 1.807) is 10.6 Å². The fourth-order valence-electron chi connectivity index (χ4n) is 2.48. The van der Waals surface area contributed by atoms with E-state index >= 15 is 0 Å². The number of aromatic nitrogens is 1. The van der Waals surface area contributed by atoms with Gasteiger partial charge in [-0.1, -0.05) is 47.7 Å². The number of benzene rings is 2. The number of rotatable bonds is 4. The third kappa shape index (κ3) is 4.15. The van der Waals surface area contributed by atoms with Crippen molar-refractivity contribution in [3.8, 4) is 0 Å². The molecule has 0 unspecified atom stereocenters. The van der Waals surface area contributed by atoms with Crippen LogP contribution in [0.2, 0.25) is 0 Å². The number of aryl methyl sites for hydroxylation is 1. The number of ether oxygens (including phenoxy) is 1. The molecule has 0 radical (unpaired) electrons. The summed E-state index contributed by atoms with van der Waals surface area (Å²) in [4.78, 5) is 28.7. The Balaban J connectivity index is 2.00. The molecule has 3 rings (SSSR count). The Hall–Kier alpha value is -2.99. The predicted molar refractivity (Wildman–Crippen MR) is 103 cm³/mol. The first-order valence-corrected chi connectivity index (χ1v) is 8.87. The highest BCUT2D eigenvalue weighted by atomic mass is 32.1. The summed E-state index contributed by atoms with van der Waals surface area (Å²) < 4.78 is 7.44. The van der Waals surface area contributed by atoms with Gasteiger partial charge in [0.1, 0.15) is 6.54 Å². The van der Waals surface area contributed by atoms with Gasteiger partial charge in [0.15, 0.2) is 4.80 Å². The van der Waals surface area contributed by atoms with E-state index in [-0.39, 0.29) is 18.4 Å². The Kier molecular flexibility index (Phi) is 5.43. The van der Waals surface area contributed by atoms with Gasteiger partial charge < -0.3 is 9.30 Å². The molecule has 6 heteroatoms. The number of thiazole rings is 1. The van der Waals surface area contributed by atoms with Crippen LogP contribution in [0, 0.1) is 6.92 Å². The second-order valence-corrected chi connectivity index (χ2v) is 6.72. The first-order chi connectivity index (χ1) is 12.6. The number of hydrogen-bond acceptors (Lipinski definition) is 4. The van der Waals surface area contributed by atoms with E-state index in [1.807, 2.05) is 55.5 Å². The van der Waals surface area contributed by atoms with Gasteiger partial charge >= 0.3 is 5.97 Å². The minimum absolute atomic E-state index is 0.00801. The molecular formula is C20H18N2O3S. The topological polar surface area (TPSA) is 60.7 Å². The SMILES string of the molecule is COC(=O)Cn1c(=NC(=O)C=Cc2ccccc2)sc2cc(C)ccc21. The van der Waals surface area contributed by atoms with Crippen LogP contribution >= 0.6 is 11.3 Å². The van der Waals surface area contributed by atoms with E-state index in [4.69, 9.17) is 4.74 Å². The van der Waals surface area contributed by atoms with Crippen molar-refractivity contribution in [3.63, 3.8) is 0 Å². The average molecular weight is 366 g/mol. The number of carbonyl (C=O) groups is 2. The number of fused-ring (bicyclic) bond motifs is 1. The normalized spacial score (nSPS) is 12.0. The molecule has 0 saturated heterocycles. The maximum atomic E-state index is 12.3. The number of nitrogens with zero attached hydrogens (tertiary/aromatic N) is 2. The lowest BCUT2D eigenvalue weighted by Crippen LogP contribution is -2.22. The summed E-state index contributed by atoms with van der Waals surface area (Å²) >= 11 is 1.37. The van der Waals surface area contributed by atoms with Crippen LogP contribution < -0.4 is 4.80 Å². The molecule has 0 aliphatic rings. The van der Waals surface area contributed by atoms with E-state index in [0.29, 0.717) is 4.80 Å².